The normalized spacial score (nSPS) is 17.0. The number of aliphatic carboxylic acids is 1. The van der Waals surface area contributed by atoms with Gasteiger partial charge < -0.3 is 37.1 Å². The number of carboxylic acids is 1. The third kappa shape index (κ3) is 7.28. The van der Waals surface area contributed by atoms with Crippen molar-refractivity contribution in [2.75, 3.05) is 6.54 Å². The summed E-state index contributed by atoms with van der Waals surface area (Å²) in [7, 11) is 0. The number of aromatic amines is 1. The number of hydrogen-bond donors (Lipinski definition) is 6. The summed E-state index contributed by atoms with van der Waals surface area (Å²) < 4.78 is 0. The van der Waals surface area contributed by atoms with Crippen molar-refractivity contribution in [1.82, 2.24) is 20.5 Å². The fourth-order valence-corrected chi connectivity index (χ4v) is 5.13. The number of fused-ring (bicyclic) bond motifs is 1. The van der Waals surface area contributed by atoms with Crippen LogP contribution in [-0.2, 0) is 36.8 Å². The molecule has 4 amide bonds. The van der Waals surface area contributed by atoms with Gasteiger partial charge in [-0.2, -0.15) is 0 Å². The van der Waals surface area contributed by atoms with E-state index in [2.05, 4.69) is 15.6 Å². The number of primary amides is 1. The maximum Gasteiger partial charge on any atom is 0.326 e. The van der Waals surface area contributed by atoms with E-state index in [9.17, 15) is 29.1 Å². The van der Waals surface area contributed by atoms with Crippen molar-refractivity contribution in [2.24, 2.45) is 11.5 Å². The summed E-state index contributed by atoms with van der Waals surface area (Å²) in [5.74, 6) is -4.02. The highest BCUT2D eigenvalue weighted by Crippen LogP contribution is 2.23. The van der Waals surface area contributed by atoms with E-state index in [0.29, 0.717) is 12.8 Å². The minimum absolute atomic E-state index is 0.0438. The van der Waals surface area contributed by atoms with Gasteiger partial charge >= 0.3 is 5.97 Å². The molecular weight excluding hydrogens is 528 g/mol. The Morgan fingerprint density at radius 3 is 2.34 bits per heavy atom. The van der Waals surface area contributed by atoms with Crippen molar-refractivity contribution in [2.45, 2.75) is 56.3 Å². The molecule has 0 radical (unpaired) electrons. The van der Waals surface area contributed by atoms with Gasteiger partial charge in [0, 0.05) is 30.1 Å². The Morgan fingerprint density at radius 2 is 1.63 bits per heavy atom. The third-order valence-electron chi connectivity index (χ3n) is 7.21. The number of carbonyl (C=O) groups excluding carboxylic acids is 4. The average molecular weight is 563 g/mol. The van der Waals surface area contributed by atoms with E-state index >= 15 is 0 Å². The van der Waals surface area contributed by atoms with Gasteiger partial charge in [0.2, 0.25) is 23.6 Å². The van der Waals surface area contributed by atoms with Crippen LogP contribution in [0.5, 0.6) is 0 Å². The van der Waals surface area contributed by atoms with Crippen molar-refractivity contribution in [3.05, 3.63) is 71.9 Å². The highest BCUT2D eigenvalue weighted by Gasteiger charge is 2.39. The number of H-pyrrole nitrogens is 1. The summed E-state index contributed by atoms with van der Waals surface area (Å²) in [6.45, 7) is 0.228. The Morgan fingerprint density at radius 1 is 0.951 bits per heavy atom. The van der Waals surface area contributed by atoms with Crippen molar-refractivity contribution in [3.63, 3.8) is 0 Å². The number of hydrogen-bond acceptors (Lipinski definition) is 6. The number of amides is 4. The molecule has 41 heavy (non-hydrogen) atoms. The molecule has 1 fully saturated rings. The first-order chi connectivity index (χ1) is 19.6. The average Bonchev–Trinajstić information content (AvgIpc) is 3.60. The van der Waals surface area contributed by atoms with Crippen LogP contribution in [-0.4, -0.2) is 75.3 Å². The number of carbonyl (C=O) groups is 5. The molecule has 4 atom stereocenters. The molecule has 2 heterocycles. The van der Waals surface area contributed by atoms with E-state index in [1.54, 1.807) is 6.20 Å². The number of benzene rings is 2. The predicted molar refractivity (Wildman–Crippen MR) is 150 cm³/mol. The largest absolute Gasteiger partial charge is 0.480 e. The lowest BCUT2D eigenvalue weighted by Crippen LogP contribution is -2.58. The molecule has 1 saturated heterocycles. The number of para-hydroxylation sites is 1. The number of rotatable bonds is 12. The monoisotopic (exact) mass is 562 g/mol. The summed E-state index contributed by atoms with van der Waals surface area (Å²) in [6, 6.07) is 11.9. The minimum atomic E-state index is -1.39. The molecular formula is C29H34N6O6. The summed E-state index contributed by atoms with van der Waals surface area (Å²) in [6.07, 6.45) is 2.25. The molecule has 4 rings (SSSR count). The van der Waals surface area contributed by atoms with Crippen molar-refractivity contribution >= 4 is 40.5 Å². The quantitative estimate of drug-likeness (QED) is 0.181. The second-order valence-corrected chi connectivity index (χ2v) is 10.2. The summed E-state index contributed by atoms with van der Waals surface area (Å²) in [5.41, 5.74) is 13.8. The van der Waals surface area contributed by atoms with E-state index < -0.39 is 60.2 Å². The lowest BCUT2D eigenvalue weighted by molar-refractivity contribution is -0.149. The Bertz CT molecular complexity index is 1420. The summed E-state index contributed by atoms with van der Waals surface area (Å²) >= 11 is 0. The maximum atomic E-state index is 13.7. The van der Waals surface area contributed by atoms with Gasteiger partial charge in [0.25, 0.3) is 0 Å². The van der Waals surface area contributed by atoms with Gasteiger partial charge in [-0.05, 0) is 36.5 Å². The fourth-order valence-electron chi connectivity index (χ4n) is 5.13. The van der Waals surface area contributed by atoms with Crippen molar-refractivity contribution in [1.29, 1.82) is 0 Å². The number of likely N-dealkylation sites (tertiary alicyclic amines) is 1. The molecule has 3 aromatic rings. The van der Waals surface area contributed by atoms with Crippen LogP contribution in [0.15, 0.2) is 60.8 Å². The minimum Gasteiger partial charge on any atom is -0.480 e. The zero-order valence-corrected chi connectivity index (χ0v) is 22.4. The lowest BCUT2D eigenvalue weighted by atomic mass is 10.0. The maximum absolute atomic E-state index is 13.7. The van der Waals surface area contributed by atoms with E-state index in [1.165, 1.54) is 4.90 Å². The highest BCUT2D eigenvalue weighted by molar-refractivity contribution is 5.97. The van der Waals surface area contributed by atoms with Gasteiger partial charge in [0.15, 0.2) is 0 Å². The first-order valence-corrected chi connectivity index (χ1v) is 13.4. The zero-order chi connectivity index (χ0) is 29.5. The van der Waals surface area contributed by atoms with Crippen LogP contribution in [0.1, 0.15) is 30.4 Å². The van der Waals surface area contributed by atoms with Crippen LogP contribution < -0.4 is 22.1 Å². The molecule has 0 bridgehead atoms. The Kier molecular flexibility index (Phi) is 9.35. The SMILES string of the molecule is NC(=O)CC(NC(=O)C(N)Cc1ccccc1)C(=O)NC(Cc1c[nH]c2ccccc12)C(=O)N1CCCC1C(=O)O. The molecule has 12 nitrogen and oxygen atoms in total. The molecule has 2 aromatic carbocycles. The first-order valence-electron chi connectivity index (χ1n) is 13.4. The van der Waals surface area contributed by atoms with Crippen LogP contribution in [0, 0.1) is 0 Å². The molecule has 0 spiro atoms. The molecule has 0 aliphatic carbocycles. The third-order valence-corrected chi connectivity index (χ3v) is 7.21. The van der Waals surface area contributed by atoms with Crippen molar-refractivity contribution in [3.8, 4) is 0 Å². The van der Waals surface area contributed by atoms with E-state index in [-0.39, 0.29) is 19.4 Å². The summed E-state index contributed by atoms with van der Waals surface area (Å²) in [4.78, 5) is 68.0. The van der Waals surface area contributed by atoms with Crippen LogP contribution in [0.3, 0.4) is 0 Å². The number of nitrogens with one attached hydrogen (secondary N) is 3. The van der Waals surface area contributed by atoms with Gasteiger partial charge in [0.1, 0.15) is 18.1 Å². The molecule has 12 heteroatoms. The van der Waals surface area contributed by atoms with E-state index in [4.69, 9.17) is 11.5 Å². The molecule has 1 aliphatic rings. The number of carboxylic acid groups (broad SMARTS) is 1. The number of aromatic nitrogens is 1. The topological polar surface area (TPSA) is 201 Å². The molecule has 0 saturated carbocycles. The molecule has 1 aromatic heterocycles. The van der Waals surface area contributed by atoms with Gasteiger partial charge in [-0.1, -0.05) is 48.5 Å². The predicted octanol–water partition coefficient (Wildman–Crippen LogP) is 0.201. The highest BCUT2D eigenvalue weighted by atomic mass is 16.4. The van der Waals surface area contributed by atoms with Gasteiger partial charge in [-0.3, -0.25) is 19.2 Å². The Balaban J connectivity index is 1.55. The van der Waals surface area contributed by atoms with Crippen LogP contribution >= 0.6 is 0 Å². The Hall–Kier alpha value is -4.71. The smallest absolute Gasteiger partial charge is 0.326 e. The van der Waals surface area contributed by atoms with E-state index in [1.807, 2.05) is 54.6 Å². The first kappa shape index (κ1) is 29.3. The standard InChI is InChI=1S/C29H34N6O6/c30-20(13-17-7-2-1-3-8-17)26(37)33-22(15-25(31)36)27(38)34-23(28(39)35-12-6-11-24(35)29(40)41)14-18-16-32-21-10-5-4-9-19(18)21/h1-5,7-10,16,20,22-24,32H,6,11-15,30H2,(H2,31,36)(H,33,37)(H,34,38)(H,40,41). The zero-order valence-electron chi connectivity index (χ0n) is 22.4. The van der Waals surface area contributed by atoms with Crippen LogP contribution in [0.4, 0.5) is 0 Å². The summed E-state index contributed by atoms with van der Waals surface area (Å²) in [5, 5.41) is 15.6. The second kappa shape index (κ2) is 13.1. The number of nitrogens with two attached hydrogens (primary N) is 2. The Labute approximate surface area is 236 Å². The van der Waals surface area contributed by atoms with Gasteiger partial charge in [0.05, 0.1) is 12.5 Å². The van der Waals surface area contributed by atoms with Gasteiger partial charge in [-0.15, -0.1) is 0 Å². The molecule has 1 aliphatic heterocycles. The molecule has 216 valence electrons. The van der Waals surface area contributed by atoms with Crippen LogP contribution in [0.2, 0.25) is 0 Å². The lowest BCUT2D eigenvalue weighted by Gasteiger charge is -2.29. The second-order valence-electron chi connectivity index (χ2n) is 10.2. The fraction of sp³-hybridized carbons (Fsp3) is 0.345. The van der Waals surface area contributed by atoms with Crippen LogP contribution in [0.25, 0.3) is 10.9 Å². The molecule has 8 N–H and O–H groups in total. The van der Waals surface area contributed by atoms with Crippen molar-refractivity contribution < 1.29 is 29.1 Å². The van der Waals surface area contributed by atoms with E-state index in [0.717, 1.165) is 22.0 Å². The van der Waals surface area contributed by atoms with Gasteiger partial charge in [-0.25, -0.2) is 4.79 Å². The molecule has 4 unspecified atom stereocenters. The number of nitrogens with zero attached hydrogens (tertiary/aromatic N) is 1.